The molecular formula is C27H27F2N5O. The highest BCUT2D eigenvalue weighted by Crippen LogP contribution is 2.35. The Labute approximate surface area is 203 Å². The third-order valence-electron chi connectivity index (χ3n) is 6.30. The van der Waals surface area contributed by atoms with Gasteiger partial charge in [0.15, 0.2) is 0 Å². The second-order valence-electron chi connectivity index (χ2n) is 8.64. The van der Waals surface area contributed by atoms with Crippen LogP contribution in [0.3, 0.4) is 0 Å². The van der Waals surface area contributed by atoms with Crippen LogP contribution in [-0.2, 0) is 17.7 Å². The normalized spacial score (nSPS) is 14.3. The first-order valence-corrected chi connectivity index (χ1v) is 11.7. The number of nitrogens with zero attached hydrogens (tertiary/aromatic N) is 4. The fourth-order valence-corrected chi connectivity index (χ4v) is 4.38. The van der Waals surface area contributed by atoms with E-state index >= 15 is 0 Å². The Balaban J connectivity index is 1.53. The third kappa shape index (κ3) is 5.39. The number of ether oxygens (including phenoxy) is 1. The maximum atomic E-state index is 13.7. The highest BCUT2D eigenvalue weighted by molar-refractivity contribution is 5.83. The molecule has 6 nitrogen and oxygen atoms in total. The van der Waals surface area contributed by atoms with Gasteiger partial charge in [-0.15, -0.1) is 0 Å². The lowest BCUT2D eigenvalue weighted by Crippen LogP contribution is -2.38. The summed E-state index contributed by atoms with van der Waals surface area (Å²) in [4.78, 5) is 6.66. The Kier molecular flexibility index (Phi) is 6.83. The molecule has 0 atom stereocenters. The van der Waals surface area contributed by atoms with Gasteiger partial charge in [0.1, 0.15) is 23.1 Å². The molecule has 0 saturated carbocycles. The van der Waals surface area contributed by atoms with Crippen LogP contribution < -0.4 is 5.73 Å². The maximum absolute atomic E-state index is 13.7. The molecule has 3 heterocycles. The molecule has 1 aliphatic heterocycles. The quantitative estimate of drug-likeness (QED) is 0.429. The molecule has 1 saturated heterocycles. The van der Waals surface area contributed by atoms with E-state index < -0.39 is 0 Å². The second-order valence-corrected chi connectivity index (χ2v) is 8.64. The van der Waals surface area contributed by atoms with Crippen LogP contribution in [0.2, 0.25) is 0 Å². The van der Waals surface area contributed by atoms with Crippen LogP contribution in [0, 0.1) is 11.6 Å². The predicted octanol–water partition coefficient (Wildman–Crippen LogP) is 4.40. The number of benzene rings is 2. The molecule has 0 aliphatic carbocycles. The largest absolute Gasteiger partial charge is 0.383 e. The van der Waals surface area contributed by atoms with Crippen LogP contribution in [0.25, 0.3) is 22.4 Å². The van der Waals surface area contributed by atoms with Gasteiger partial charge in [-0.3, -0.25) is 9.58 Å². The summed E-state index contributed by atoms with van der Waals surface area (Å²) in [5.74, 6) is -0.168. The van der Waals surface area contributed by atoms with E-state index in [9.17, 15) is 8.78 Å². The first kappa shape index (κ1) is 23.1. The molecule has 4 aromatic rings. The van der Waals surface area contributed by atoms with Crippen molar-refractivity contribution >= 4 is 5.82 Å². The SMILES string of the molecule is Nc1nccc(-c2cn(CCN3CCOCC3)nc2-c2ccc(F)cc2)c1Cc1ccc(F)cc1. The molecule has 0 amide bonds. The summed E-state index contributed by atoms with van der Waals surface area (Å²) in [5, 5.41) is 4.89. The molecule has 2 aromatic carbocycles. The topological polar surface area (TPSA) is 69.2 Å². The third-order valence-corrected chi connectivity index (χ3v) is 6.30. The van der Waals surface area contributed by atoms with Crippen LogP contribution in [0.4, 0.5) is 14.6 Å². The summed E-state index contributed by atoms with van der Waals surface area (Å²) in [6.07, 6.45) is 4.19. The van der Waals surface area contributed by atoms with Gasteiger partial charge in [0.25, 0.3) is 0 Å². The van der Waals surface area contributed by atoms with Crippen molar-refractivity contribution in [1.29, 1.82) is 0 Å². The van der Waals surface area contributed by atoms with Gasteiger partial charge >= 0.3 is 0 Å². The number of nitrogens with two attached hydrogens (primary N) is 1. The summed E-state index contributed by atoms with van der Waals surface area (Å²) in [5.41, 5.74) is 11.5. The standard InChI is InChI=1S/C27H27F2N5O/c28-21-5-1-19(2-6-21)17-24-23(9-10-31-27(24)30)25-18-34(12-11-33-13-15-35-16-14-33)32-26(25)20-3-7-22(29)8-4-20/h1-10,18H,11-17H2,(H2,30,31). The minimum absolute atomic E-state index is 0.284. The molecule has 0 spiro atoms. The molecular weight excluding hydrogens is 448 g/mol. The van der Waals surface area contributed by atoms with Gasteiger partial charge in [-0.25, -0.2) is 13.8 Å². The first-order chi connectivity index (χ1) is 17.1. The molecule has 0 bridgehead atoms. The molecule has 8 heteroatoms. The number of hydrogen-bond acceptors (Lipinski definition) is 5. The summed E-state index contributed by atoms with van der Waals surface area (Å²) >= 11 is 0. The average molecular weight is 476 g/mol. The molecule has 2 aromatic heterocycles. The van der Waals surface area contributed by atoms with E-state index in [0.717, 1.165) is 66.4 Å². The van der Waals surface area contributed by atoms with Crippen LogP contribution in [-0.4, -0.2) is 52.5 Å². The zero-order valence-corrected chi connectivity index (χ0v) is 19.3. The minimum atomic E-state index is -0.299. The minimum Gasteiger partial charge on any atom is -0.383 e. The number of hydrogen-bond donors (Lipinski definition) is 1. The van der Waals surface area contributed by atoms with Crippen LogP contribution >= 0.6 is 0 Å². The Morgan fingerprint density at radius 2 is 1.54 bits per heavy atom. The van der Waals surface area contributed by atoms with Crippen molar-refractivity contribution in [1.82, 2.24) is 19.7 Å². The van der Waals surface area contributed by atoms with E-state index in [1.165, 1.54) is 24.3 Å². The van der Waals surface area contributed by atoms with Crippen molar-refractivity contribution in [2.75, 3.05) is 38.6 Å². The van der Waals surface area contributed by atoms with Gasteiger partial charge in [0, 0.05) is 55.1 Å². The second kappa shape index (κ2) is 10.3. The molecule has 5 rings (SSSR count). The van der Waals surface area contributed by atoms with Crippen LogP contribution in [0.1, 0.15) is 11.1 Å². The number of rotatable bonds is 7. The maximum Gasteiger partial charge on any atom is 0.127 e. The monoisotopic (exact) mass is 475 g/mol. The fraction of sp³-hybridized carbons (Fsp3) is 0.259. The lowest BCUT2D eigenvalue weighted by molar-refractivity contribution is 0.0360. The Morgan fingerprint density at radius 3 is 2.26 bits per heavy atom. The van der Waals surface area contributed by atoms with Gasteiger partial charge in [-0.05, 0) is 53.6 Å². The number of halogens is 2. The van der Waals surface area contributed by atoms with Crippen molar-refractivity contribution in [3.05, 3.63) is 89.8 Å². The lowest BCUT2D eigenvalue weighted by Gasteiger charge is -2.26. The first-order valence-electron chi connectivity index (χ1n) is 11.7. The summed E-state index contributed by atoms with van der Waals surface area (Å²) in [6, 6.07) is 14.6. The number of anilines is 1. The van der Waals surface area contributed by atoms with Gasteiger partial charge in [0.05, 0.1) is 19.8 Å². The highest BCUT2D eigenvalue weighted by atomic mass is 19.1. The van der Waals surface area contributed by atoms with Crippen molar-refractivity contribution in [2.45, 2.75) is 13.0 Å². The van der Waals surface area contributed by atoms with Gasteiger partial charge in [-0.2, -0.15) is 5.10 Å². The molecule has 0 unspecified atom stereocenters. The smallest absolute Gasteiger partial charge is 0.127 e. The molecule has 1 fully saturated rings. The van der Waals surface area contributed by atoms with E-state index in [0.29, 0.717) is 18.8 Å². The van der Waals surface area contributed by atoms with Crippen molar-refractivity contribution < 1.29 is 13.5 Å². The molecule has 180 valence electrons. The molecule has 0 radical (unpaired) electrons. The number of nitrogen functional groups attached to an aromatic ring is 1. The van der Waals surface area contributed by atoms with Crippen molar-refractivity contribution in [3.8, 4) is 22.4 Å². The summed E-state index contributed by atoms with van der Waals surface area (Å²) < 4.78 is 34.5. The average Bonchev–Trinajstić information content (AvgIpc) is 3.30. The number of pyridine rings is 1. The van der Waals surface area contributed by atoms with Crippen molar-refractivity contribution in [2.24, 2.45) is 0 Å². The summed E-state index contributed by atoms with van der Waals surface area (Å²) in [6.45, 7) is 4.86. The fourth-order valence-electron chi connectivity index (χ4n) is 4.38. The van der Waals surface area contributed by atoms with Gasteiger partial charge in [0.2, 0.25) is 0 Å². The highest BCUT2D eigenvalue weighted by Gasteiger charge is 2.19. The Morgan fingerprint density at radius 1 is 0.857 bits per heavy atom. The van der Waals surface area contributed by atoms with E-state index in [4.69, 9.17) is 15.6 Å². The van der Waals surface area contributed by atoms with E-state index in [-0.39, 0.29) is 11.6 Å². The van der Waals surface area contributed by atoms with Gasteiger partial charge in [-0.1, -0.05) is 12.1 Å². The molecule has 2 N–H and O–H groups in total. The number of aromatic nitrogens is 3. The molecule has 1 aliphatic rings. The Bertz CT molecular complexity index is 1280. The lowest BCUT2D eigenvalue weighted by atomic mass is 9.94. The summed E-state index contributed by atoms with van der Waals surface area (Å²) in [7, 11) is 0. The zero-order valence-electron chi connectivity index (χ0n) is 19.3. The van der Waals surface area contributed by atoms with E-state index in [1.54, 1.807) is 30.5 Å². The number of morpholine rings is 1. The van der Waals surface area contributed by atoms with Gasteiger partial charge < -0.3 is 10.5 Å². The van der Waals surface area contributed by atoms with Crippen LogP contribution in [0.5, 0.6) is 0 Å². The zero-order chi connectivity index (χ0) is 24.2. The molecule has 35 heavy (non-hydrogen) atoms. The van der Waals surface area contributed by atoms with E-state index in [1.807, 2.05) is 16.9 Å². The Hall–Kier alpha value is -3.62. The van der Waals surface area contributed by atoms with E-state index in [2.05, 4.69) is 9.88 Å². The predicted molar refractivity (Wildman–Crippen MR) is 132 cm³/mol. The van der Waals surface area contributed by atoms with Crippen LogP contribution in [0.15, 0.2) is 67.0 Å². The van der Waals surface area contributed by atoms with Crippen molar-refractivity contribution in [3.63, 3.8) is 0 Å².